The van der Waals surface area contributed by atoms with E-state index < -0.39 is 24.3 Å². The van der Waals surface area contributed by atoms with E-state index in [0.717, 1.165) is 11.3 Å². The van der Waals surface area contributed by atoms with Crippen molar-refractivity contribution in [1.82, 2.24) is 10.2 Å². The first kappa shape index (κ1) is 20.2. The molecule has 0 radical (unpaired) electrons. The smallest absolute Gasteiger partial charge is 0.325 e. The number of para-hydroxylation sites is 3. The van der Waals surface area contributed by atoms with Gasteiger partial charge >= 0.3 is 6.03 Å². The third kappa shape index (κ3) is 4.74. The minimum absolute atomic E-state index is 0.269. The summed E-state index contributed by atoms with van der Waals surface area (Å²) >= 11 is 1.15. The molecule has 1 fully saturated rings. The molecule has 3 atom stereocenters. The highest BCUT2D eigenvalue weighted by atomic mass is 32.1. The monoisotopic (exact) mass is 428 g/mol. The quantitative estimate of drug-likeness (QED) is 0.475. The second kappa shape index (κ2) is 9.18. The van der Waals surface area contributed by atoms with Crippen molar-refractivity contribution in [1.29, 1.82) is 0 Å². The zero-order valence-electron chi connectivity index (χ0n) is 15.8. The molecule has 156 valence electrons. The van der Waals surface area contributed by atoms with E-state index >= 15 is 0 Å². The SMILES string of the molecule is O=C(Nc1nnc([C@H]2C[C@H](O)[C@@H](CO)O2)s1)Nc1ccccc1Oc1ccccc1. The lowest BCUT2D eigenvalue weighted by Gasteiger charge is -2.12. The van der Waals surface area contributed by atoms with Gasteiger partial charge in [-0.2, -0.15) is 0 Å². The molecule has 0 aliphatic carbocycles. The van der Waals surface area contributed by atoms with Gasteiger partial charge in [-0.05, 0) is 24.3 Å². The molecule has 4 N–H and O–H groups in total. The molecule has 1 saturated heterocycles. The maximum atomic E-state index is 12.4. The van der Waals surface area contributed by atoms with Crippen LogP contribution in [0.1, 0.15) is 17.5 Å². The Balaban J connectivity index is 1.39. The van der Waals surface area contributed by atoms with E-state index in [9.17, 15) is 15.0 Å². The predicted octanol–water partition coefficient (Wildman–Crippen LogP) is 3.16. The second-order valence-electron chi connectivity index (χ2n) is 6.58. The maximum Gasteiger partial charge on any atom is 0.325 e. The molecule has 2 amide bonds. The number of hydrogen-bond donors (Lipinski definition) is 4. The van der Waals surface area contributed by atoms with Gasteiger partial charge < -0.3 is 25.0 Å². The first-order chi connectivity index (χ1) is 14.6. The van der Waals surface area contributed by atoms with E-state index in [0.29, 0.717) is 28.6 Å². The van der Waals surface area contributed by atoms with Crippen LogP contribution in [0.2, 0.25) is 0 Å². The van der Waals surface area contributed by atoms with E-state index in [2.05, 4.69) is 20.8 Å². The fourth-order valence-corrected chi connectivity index (χ4v) is 3.78. The number of carbonyl (C=O) groups is 1. The fraction of sp³-hybridized carbons (Fsp3) is 0.250. The van der Waals surface area contributed by atoms with Crippen LogP contribution in [0.25, 0.3) is 0 Å². The summed E-state index contributed by atoms with van der Waals surface area (Å²) in [7, 11) is 0. The molecule has 0 unspecified atom stereocenters. The van der Waals surface area contributed by atoms with Gasteiger partial charge in [-0.15, -0.1) is 10.2 Å². The van der Waals surface area contributed by atoms with Crippen LogP contribution in [0.3, 0.4) is 0 Å². The van der Waals surface area contributed by atoms with Crippen molar-refractivity contribution in [2.45, 2.75) is 24.7 Å². The summed E-state index contributed by atoms with van der Waals surface area (Å²) in [6.07, 6.45) is -1.55. The zero-order valence-corrected chi connectivity index (χ0v) is 16.6. The molecule has 2 heterocycles. The van der Waals surface area contributed by atoms with E-state index in [1.165, 1.54) is 0 Å². The summed E-state index contributed by atoms with van der Waals surface area (Å²) in [5.41, 5.74) is 0.497. The minimum atomic E-state index is -0.760. The summed E-state index contributed by atoms with van der Waals surface area (Å²) < 4.78 is 11.4. The maximum absolute atomic E-state index is 12.4. The Morgan fingerprint density at radius 2 is 1.90 bits per heavy atom. The number of rotatable bonds is 6. The van der Waals surface area contributed by atoms with Crippen LogP contribution in [0.5, 0.6) is 11.5 Å². The first-order valence-corrected chi connectivity index (χ1v) is 10.1. The van der Waals surface area contributed by atoms with Gasteiger partial charge in [-0.3, -0.25) is 5.32 Å². The second-order valence-corrected chi connectivity index (χ2v) is 7.59. The Morgan fingerprint density at radius 1 is 1.13 bits per heavy atom. The summed E-state index contributed by atoms with van der Waals surface area (Å²) in [5.74, 6) is 1.15. The fourth-order valence-electron chi connectivity index (χ4n) is 2.99. The molecule has 9 nitrogen and oxygen atoms in total. The van der Waals surface area contributed by atoms with Crippen molar-refractivity contribution in [2.75, 3.05) is 17.2 Å². The van der Waals surface area contributed by atoms with Gasteiger partial charge in [0.1, 0.15) is 23.0 Å². The number of benzene rings is 2. The molecular weight excluding hydrogens is 408 g/mol. The molecule has 1 aromatic heterocycles. The number of ether oxygens (including phenoxy) is 2. The highest BCUT2D eigenvalue weighted by Gasteiger charge is 2.36. The number of amides is 2. The Bertz CT molecular complexity index is 1000. The minimum Gasteiger partial charge on any atom is -0.455 e. The average Bonchev–Trinajstić information content (AvgIpc) is 3.36. The first-order valence-electron chi connectivity index (χ1n) is 9.30. The summed E-state index contributed by atoms with van der Waals surface area (Å²) in [4.78, 5) is 12.4. The third-order valence-electron chi connectivity index (χ3n) is 4.45. The lowest BCUT2D eigenvalue weighted by molar-refractivity contribution is -0.0227. The van der Waals surface area contributed by atoms with Crippen molar-refractivity contribution >= 4 is 28.2 Å². The lowest BCUT2D eigenvalue weighted by atomic mass is 10.1. The number of hydrogen-bond acceptors (Lipinski definition) is 8. The van der Waals surface area contributed by atoms with Gasteiger partial charge in [0.15, 0.2) is 5.75 Å². The van der Waals surface area contributed by atoms with Crippen LogP contribution < -0.4 is 15.4 Å². The highest BCUT2D eigenvalue weighted by molar-refractivity contribution is 7.15. The largest absolute Gasteiger partial charge is 0.455 e. The highest BCUT2D eigenvalue weighted by Crippen LogP contribution is 2.35. The van der Waals surface area contributed by atoms with Crippen molar-refractivity contribution in [3.05, 3.63) is 59.6 Å². The molecule has 0 bridgehead atoms. The molecule has 0 spiro atoms. The van der Waals surface area contributed by atoms with Crippen molar-refractivity contribution in [3.63, 3.8) is 0 Å². The van der Waals surface area contributed by atoms with E-state index in [1.54, 1.807) is 18.2 Å². The third-order valence-corrected chi connectivity index (χ3v) is 5.38. The summed E-state index contributed by atoms with van der Waals surface area (Å²) in [6.45, 7) is -0.269. The molecule has 2 aromatic carbocycles. The Labute approximate surface area is 176 Å². The van der Waals surface area contributed by atoms with Crippen LogP contribution in [-0.2, 0) is 4.74 Å². The van der Waals surface area contributed by atoms with Crippen LogP contribution in [0.15, 0.2) is 54.6 Å². The van der Waals surface area contributed by atoms with Crippen LogP contribution >= 0.6 is 11.3 Å². The molecule has 0 saturated carbocycles. The summed E-state index contributed by atoms with van der Waals surface area (Å²) in [6, 6.07) is 15.8. The molecule has 1 aliphatic heterocycles. The number of aliphatic hydroxyl groups is 2. The topological polar surface area (TPSA) is 126 Å². The molecule has 30 heavy (non-hydrogen) atoms. The van der Waals surface area contributed by atoms with Gasteiger partial charge in [0.05, 0.1) is 18.4 Å². The van der Waals surface area contributed by atoms with Crippen molar-refractivity contribution in [3.8, 4) is 11.5 Å². The van der Waals surface area contributed by atoms with E-state index in [-0.39, 0.29) is 11.7 Å². The zero-order chi connectivity index (χ0) is 20.9. The number of nitrogens with one attached hydrogen (secondary N) is 2. The Hall–Kier alpha value is -3.05. The van der Waals surface area contributed by atoms with Crippen LogP contribution in [-0.4, -0.2) is 45.3 Å². The molecule has 4 rings (SSSR count). The number of anilines is 2. The standard InChI is InChI=1S/C20H20N4O5S/c25-11-17-14(26)10-16(29-17)18-23-24-20(30-18)22-19(27)21-13-8-4-5-9-15(13)28-12-6-2-1-3-7-12/h1-9,14,16-17,25-26H,10-11H2,(H2,21,22,24,27)/t14-,16+,17+/m0/s1. The lowest BCUT2D eigenvalue weighted by Crippen LogP contribution is -2.24. The Kier molecular flexibility index (Phi) is 6.19. The molecule has 10 heteroatoms. The van der Waals surface area contributed by atoms with Gasteiger partial charge in [-0.1, -0.05) is 41.7 Å². The van der Waals surface area contributed by atoms with Gasteiger partial charge in [-0.25, -0.2) is 4.79 Å². The number of urea groups is 1. The number of aromatic nitrogens is 2. The van der Waals surface area contributed by atoms with Crippen molar-refractivity contribution in [2.24, 2.45) is 0 Å². The molecule has 3 aromatic rings. The van der Waals surface area contributed by atoms with Crippen LogP contribution in [0, 0.1) is 0 Å². The molecule has 1 aliphatic rings. The van der Waals surface area contributed by atoms with Gasteiger partial charge in [0.2, 0.25) is 5.13 Å². The van der Waals surface area contributed by atoms with E-state index in [1.807, 2.05) is 36.4 Å². The predicted molar refractivity (Wildman–Crippen MR) is 111 cm³/mol. The summed E-state index contributed by atoms with van der Waals surface area (Å²) in [5, 5.41) is 33.2. The van der Waals surface area contributed by atoms with E-state index in [4.69, 9.17) is 9.47 Å². The van der Waals surface area contributed by atoms with Crippen molar-refractivity contribution < 1.29 is 24.5 Å². The number of carbonyl (C=O) groups excluding carboxylic acids is 1. The normalized spacial score (nSPS) is 20.7. The molecular formula is C20H20N4O5S. The Morgan fingerprint density at radius 3 is 2.67 bits per heavy atom. The number of aliphatic hydroxyl groups excluding tert-OH is 2. The van der Waals surface area contributed by atoms with Crippen LogP contribution in [0.4, 0.5) is 15.6 Å². The van der Waals surface area contributed by atoms with Gasteiger partial charge in [0, 0.05) is 6.42 Å². The average molecular weight is 428 g/mol. The van der Waals surface area contributed by atoms with Gasteiger partial charge in [0.25, 0.3) is 0 Å². The number of nitrogens with zero attached hydrogens (tertiary/aromatic N) is 2.